The molecule has 0 radical (unpaired) electrons. The van der Waals surface area contributed by atoms with Gasteiger partial charge < -0.3 is 25.0 Å². The Morgan fingerprint density at radius 3 is 2.58 bits per heavy atom. The number of fused-ring (bicyclic) bond motifs is 1. The normalized spacial score (nSPS) is 13.9. The van der Waals surface area contributed by atoms with E-state index >= 15 is 0 Å². The van der Waals surface area contributed by atoms with Crippen LogP contribution in [0.4, 0.5) is 5.69 Å². The lowest BCUT2D eigenvalue weighted by molar-refractivity contribution is 0.0695. The van der Waals surface area contributed by atoms with E-state index in [2.05, 4.69) is 37.3 Å². The van der Waals surface area contributed by atoms with Crippen LogP contribution in [0.1, 0.15) is 15.9 Å². The number of aromatic nitrogens is 3. The number of hydrogen-bond acceptors (Lipinski definition) is 6. The number of carboxylic acid groups (broad SMARTS) is 1. The van der Waals surface area contributed by atoms with E-state index in [4.69, 9.17) is 16.3 Å². The minimum absolute atomic E-state index is 0.177. The molecule has 4 aromatic rings. The molecule has 168 valence electrons. The van der Waals surface area contributed by atoms with Crippen LogP contribution in [0.5, 0.6) is 11.8 Å². The molecule has 1 saturated heterocycles. The van der Waals surface area contributed by atoms with Crippen molar-refractivity contribution in [1.82, 2.24) is 20.3 Å². The van der Waals surface area contributed by atoms with Crippen molar-refractivity contribution in [1.29, 1.82) is 0 Å². The van der Waals surface area contributed by atoms with Gasteiger partial charge in [-0.2, -0.15) is 4.98 Å². The maximum Gasteiger partial charge on any atom is 0.336 e. The topological polar surface area (TPSA) is 103 Å². The lowest BCUT2D eigenvalue weighted by Crippen LogP contribution is -2.43. The highest BCUT2D eigenvalue weighted by Gasteiger charge is 2.15. The third-order valence-corrected chi connectivity index (χ3v) is 5.97. The fraction of sp³-hybridized carbons (Fsp3) is 0.208. The number of aryl methyl sites for hydroxylation is 1. The van der Waals surface area contributed by atoms with Crippen LogP contribution >= 0.6 is 11.6 Å². The molecule has 2 aromatic carbocycles. The number of carboxylic acids is 1. The largest absolute Gasteiger partial charge is 0.478 e. The molecule has 0 saturated carbocycles. The van der Waals surface area contributed by atoms with Crippen LogP contribution in [0.2, 0.25) is 5.02 Å². The Bertz CT molecular complexity index is 1330. The Labute approximate surface area is 195 Å². The first-order valence-corrected chi connectivity index (χ1v) is 11.0. The first-order chi connectivity index (χ1) is 16.0. The summed E-state index contributed by atoms with van der Waals surface area (Å²) in [6.07, 6.45) is 0. The van der Waals surface area contributed by atoms with E-state index in [0.717, 1.165) is 31.7 Å². The molecule has 9 heteroatoms. The number of carbonyl (C=O) groups is 1. The zero-order valence-electron chi connectivity index (χ0n) is 17.9. The second-order valence-corrected chi connectivity index (χ2v) is 8.31. The van der Waals surface area contributed by atoms with Gasteiger partial charge in [-0.05, 0) is 42.8 Å². The molecule has 0 aliphatic carbocycles. The van der Waals surface area contributed by atoms with Crippen molar-refractivity contribution >= 4 is 34.4 Å². The summed E-state index contributed by atoms with van der Waals surface area (Å²) >= 11 is 6.53. The van der Waals surface area contributed by atoms with E-state index in [-0.39, 0.29) is 11.6 Å². The zero-order chi connectivity index (χ0) is 22.9. The van der Waals surface area contributed by atoms with E-state index in [0.29, 0.717) is 33.2 Å². The number of aromatic amines is 1. The van der Waals surface area contributed by atoms with Gasteiger partial charge >= 0.3 is 12.0 Å². The number of ether oxygens (including phenoxy) is 1. The molecule has 5 rings (SSSR count). The zero-order valence-corrected chi connectivity index (χ0v) is 18.7. The maximum absolute atomic E-state index is 11.4. The predicted octanol–water partition coefficient (Wildman–Crippen LogP) is 4.49. The summed E-state index contributed by atoms with van der Waals surface area (Å²) < 4.78 is 5.75. The standard InChI is InChI=1S/C24H22ClN5O3/c1-14-2-7-17(12-18(14)23(31)32)33-24-27-20-13-19(25)21(28-22(20)29-24)15-3-5-16(6-4-15)30-10-8-26-9-11-30/h2-7,12-13,26H,8-11H2,1H3,(H,31,32)(H,27,28,29). The third-order valence-electron chi connectivity index (χ3n) is 5.68. The van der Waals surface area contributed by atoms with Crippen molar-refractivity contribution in [2.75, 3.05) is 31.1 Å². The average Bonchev–Trinajstić information content (AvgIpc) is 3.21. The van der Waals surface area contributed by atoms with Crippen molar-refractivity contribution in [2.45, 2.75) is 6.92 Å². The summed E-state index contributed by atoms with van der Waals surface area (Å²) in [5.41, 5.74) is 4.62. The van der Waals surface area contributed by atoms with Gasteiger partial charge in [0, 0.05) is 37.4 Å². The van der Waals surface area contributed by atoms with Crippen molar-refractivity contribution in [3.63, 3.8) is 0 Å². The summed E-state index contributed by atoms with van der Waals surface area (Å²) in [6, 6.07) is 15.0. The fourth-order valence-electron chi connectivity index (χ4n) is 3.91. The number of nitrogens with one attached hydrogen (secondary N) is 2. The number of nitrogens with zero attached hydrogens (tertiary/aromatic N) is 3. The summed E-state index contributed by atoms with van der Waals surface area (Å²) in [4.78, 5) is 25.8. The number of anilines is 1. The second-order valence-electron chi connectivity index (χ2n) is 7.90. The first-order valence-electron chi connectivity index (χ1n) is 10.6. The lowest BCUT2D eigenvalue weighted by atomic mass is 10.1. The minimum Gasteiger partial charge on any atom is -0.478 e. The number of H-pyrrole nitrogens is 1. The Hall–Kier alpha value is -3.62. The van der Waals surface area contributed by atoms with Gasteiger partial charge in [0.1, 0.15) is 5.75 Å². The third kappa shape index (κ3) is 4.35. The Morgan fingerprint density at radius 1 is 1.09 bits per heavy atom. The summed E-state index contributed by atoms with van der Waals surface area (Å²) in [5, 5.41) is 13.2. The summed E-state index contributed by atoms with van der Waals surface area (Å²) in [7, 11) is 0. The molecule has 2 aromatic heterocycles. The predicted molar refractivity (Wildman–Crippen MR) is 128 cm³/mol. The van der Waals surface area contributed by atoms with E-state index in [9.17, 15) is 9.90 Å². The molecule has 0 unspecified atom stereocenters. The van der Waals surface area contributed by atoms with Crippen LogP contribution in [0, 0.1) is 6.92 Å². The monoisotopic (exact) mass is 463 g/mol. The van der Waals surface area contributed by atoms with E-state index < -0.39 is 5.97 Å². The van der Waals surface area contributed by atoms with Gasteiger partial charge in [0.15, 0.2) is 5.65 Å². The van der Waals surface area contributed by atoms with Crippen molar-refractivity contribution in [3.05, 3.63) is 64.7 Å². The molecule has 1 aliphatic heterocycles. The van der Waals surface area contributed by atoms with Crippen LogP contribution in [-0.2, 0) is 0 Å². The molecule has 1 aliphatic rings. The maximum atomic E-state index is 11.4. The van der Waals surface area contributed by atoms with Gasteiger partial charge in [0.05, 0.1) is 21.8 Å². The molecule has 8 nitrogen and oxygen atoms in total. The van der Waals surface area contributed by atoms with Gasteiger partial charge in [-0.25, -0.2) is 9.78 Å². The molecule has 0 atom stereocenters. The number of halogens is 1. The average molecular weight is 464 g/mol. The van der Waals surface area contributed by atoms with Gasteiger partial charge in [0.2, 0.25) is 0 Å². The van der Waals surface area contributed by atoms with Crippen molar-refractivity contribution in [2.24, 2.45) is 0 Å². The van der Waals surface area contributed by atoms with E-state index in [1.54, 1.807) is 25.1 Å². The van der Waals surface area contributed by atoms with Gasteiger partial charge in [0.25, 0.3) is 0 Å². The highest BCUT2D eigenvalue weighted by molar-refractivity contribution is 6.33. The van der Waals surface area contributed by atoms with Gasteiger partial charge in [-0.1, -0.05) is 29.8 Å². The lowest BCUT2D eigenvalue weighted by Gasteiger charge is -2.29. The number of aromatic carboxylic acids is 1. The van der Waals surface area contributed by atoms with Crippen LogP contribution in [-0.4, -0.2) is 52.2 Å². The van der Waals surface area contributed by atoms with Gasteiger partial charge in [-0.15, -0.1) is 0 Å². The van der Waals surface area contributed by atoms with Crippen LogP contribution in [0.3, 0.4) is 0 Å². The second kappa shape index (κ2) is 8.73. The molecule has 0 amide bonds. The Kier molecular flexibility index (Phi) is 5.62. The SMILES string of the molecule is Cc1ccc(Oc2nc3nc(-c4ccc(N5CCNCC5)cc4)c(Cl)cc3[nH]2)cc1C(=O)O. The van der Waals surface area contributed by atoms with Gasteiger partial charge in [-0.3, -0.25) is 0 Å². The van der Waals surface area contributed by atoms with Crippen LogP contribution < -0.4 is 15.0 Å². The fourth-order valence-corrected chi connectivity index (χ4v) is 4.17. The Morgan fingerprint density at radius 2 is 1.85 bits per heavy atom. The van der Waals surface area contributed by atoms with Crippen LogP contribution in [0.25, 0.3) is 22.4 Å². The molecule has 3 heterocycles. The highest BCUT2D eigenvalue weighted by Crippen LogP contribution is 2.31. The molecular formula is C24H22ClN5O3. The van der Waals surface area contributed by atoms with E-state index in [1.807, 2.05) is 12.1 Å². The number of piperazine rings is 1. The smallest absolute Gasteiger partial charge is 0.336 e. The van der Waals surface area contributed by atoms with Crippen molar-refractivity contribution in [3.8, 4) is 23.0 Å². The van der Waals surface area contributed by atoms with E-state index in [1.165, 1.54) is 11.8 Å². The summed E-state index contributed by atoms with van der Waals surface area (Å²) in [6.45, 7) is 5.66. The van der Waals surface area contributed by atoms with Crippen molar-refractivity contribution < 1.29 is 14.6 Å². The highest BCUT2D eigenvalue weighted by atomic mass is 35.5. The number of rotatable bonds is 5. The molecule has 1 fully saturated rings. The minimum atomic E-state index is -1.01. The molecule has 0 bridgehead atoms. The molecule has 3 N–H and O–H groups in total. The molecular weight excluding hydrogens is 442 g/mol. The number of benzene rings is 2. The quantitative estimate of drug-likeness (QED) is 0.400. The molecule has 0 spiro atoms. The summed E-state index contributed by atoms with van der Waals surface area (Å²) in [5.74, 6) is -0.643. The van der Waals surface area contributed by atoms with Crippen LogP contribution in [0.15, 0.2) is 48.5 Å². The number of hydrogen-bond donors (Lipinski definition) is 3. The molecule has 33 heavy (non-hydrogen) atoms. The Balaban J connectivity index is 1.41. The number of pyridine rings is 1. The number of imidazole rings is 1. The first kappa shape index (κ1) is 21.2.